The summed E-state index contributed by atoms with van der Waals surface area (Å²) in [5.41, 5.74) is 8.91. The Hall–Kier alpha value is -2.25. The predicted octanol–water partition coefficient (Wildman–Crippen LogP) is 2.48. The minimum atomic E-state index is -0.682. The second-order valence-electron chi connectivity index (χ2n) is 5.68. The minimum Gasteiger partial charge on any atom is -0.366 e. The van der Waals surface area contributed by atoms with Crippen LogP contribution in [-0.2, 0) is 13.0 Å². The van der Waals surface area contributed by atoms with E-state index in [1.807, 2.05) is 0 Å². The summed E-state index contributed by atoms with van der Waals surface area (Å²) in [4.78, 5) is 21.5. The van der Waals surface area contributed by atoms with E-state index in [1.54, 1.807) is 11.3 Å². The van der Waals surface area contributed by atoms with Crippen LogP contribution in [0, 0.1) is 12.7 Å². The van der Waals surface area contributed by atoms with Crippen molar-refractivity contribution in [3.63, 3.8) is 0 Å². The number of aromatic nitrogens is 2. The molecule has 4 N–H and O–H groups in total. The Bertz CT molecular complexity index is 943. The standard InChI is InChI=1S/C16H15FN4OS/c1-7-9-2-3-19-6-12(9)23-14(7)16-20-11-5-8(17)4-10(15(18)22)13(11)21-16/h4-5,19H,2-3,6H2,1H3,(H2,18,22)(H,20,21). The molecular formula is C16H15FN4OS. The zero-order valence-electron chi connectivity index (χ0n) is 12.5. The summed E-state index contributed by atoms with van der Waals surface area (Å²) >= 11 is 1.68. The van der Waals surface area contributed by atoms with E-state index in [2.05, 4.69) is 22.2 Å². The number of carbonyl (C=O) groups is 1. The van der Waals surface area contributed by atoms with Crippen LogP contribution in [0.1, 0.15) is 26.4 Å². The smallest absolute Gasteiger partial charge is 0.251 e. The number of primary amides is 1. The number of imidazole rings is 1. The number of fused-ring (bicyclic) bond motifs is 2. The van der Waals surface area contributed by atoms with Crippen LogP contribution < -0.4 is 11.1 Å². The fourth-order valence-corrected chi connectivity index (χ4v) is 4.36. The summed E-state index contributed by atoms with van der Waals surface area (Å²) in [6, 6.07) is 2.47. The maximum absolute atomic E-state index is 13.7. The lowest BCUT2D eigenvalue weighted by Gasteiger charge is -2.12. The molecule has 3 heterocycles. The molecule has 0 fully saturated rings. The Labute approximate surface area is 135 Å². The van der Waals surface area contributed by atoms with Gasteiger partial charge in [0.1, 0.15) is 17.2 Å². The molecule has 23 heavy (non-hydrogen) atoms. The Morgan fingerprint density at radius 1 is 1.43 bits per heavy atom. The van der Waals surface area contributed by atoms with Gasteiger partial charge in [-0.3, -0.25) is 4.79 Å². The molecule has 118 valence electrons. The molecule has 0 aliphatic carbocycles. The largest absolute Gasteiger partial charge is 0.366 e. The van der Waals surface area contributed by atoms with Crippen LogP contribution in [0.2, 0.25) is 0 Å². The molecule has 5 nitrogen and oxygen atoms in total. The van der Waals surface area contributed by atoms with Crippen molar-refractivity contribution in [2.75, 3.05) is 6.54 Å². The number of hydrogen-bond donors (Lipinski definition) is 3. The molecule has 0 spiro atoms. The fraction of sp³-hybridized carbons (Fsp3) is 0.250. The second kappa shape index (κ2) is 5.14. The maximum Gasteiger partial charge on any atom is 0.251 e. The molecule has 0 saturated heterocycles. The quantitative estimate of drug-likeness (QED) is 0.675. The summed E-state index contributed by atoms with van der Waals surface area (Å²) in [5.74, 6) is -0.531. The molecule has 1 aliphatic rings. The van der Waals surface area contributed by atoms with Gasteiger partial charge in [-0.15, -0.1) is 11.3 Å². The molecule has 7 heteroatoms. The van der Waals surface area contributed by atoms with Crippen LogP contribution >= 0.6 is 11.3 Å². The third kappa shape index (κ3) is 2.24. The number of nitrogens with one attached hydrogen (secondary N) is 2. The van der Waals surface area contributed by atoms with E-state index >= 15 is 0 Å². The van der Waals surface area contributed by atoms with E-state index in [1.165, 1.54) is 22.1 Å². The summed E-state index contributed by atoms with van der Waals surface area (Å²) in [7, 11) is 0. The highest BCUT2D eigenvalue weighted by Gasteiger charge is 2.21. The lowest BCUT2D eigenvalue weighted by Crippen LogP contribution is -2.22. The first-order chi connectivity index (χ1) is 11.0. The highest BCUT2D eigenvalue weighted by Crippen LogP contribution is 2.37. The molecule has 4 rings (SSSR count). The summed E-state index contributed by atoms with van der Waals surface area (Å²) in [6.07, 6.45) is 0.999. The van der Waals surface area contributed by atoms with Crippen LogP contribution in [0.3, 0.4) is 0 Å². The van der Waals surface area contributed by atoms with Gasteiger partial charge >= 0.3 is 0 Å². The number of amides is 1. The van der Waals surface area contributed by atoms with Crippen molar-refractivity contribution < 1.29 is 9.18 Å². The lowest BCUT2D eigenvalue weighted by atomic mass is 10.0. The number of benzene rings is 1. The van der Waals surface area contributed by atoms with Gasteiger partial charge in [-0.1, -0.05) is 0 Å². The highest BCUT2D eigenvalue weighted by atomic mass is 32.1. The van der Waals surface area contributed by atoms with E-state index in [9.17, 15) is 9.18 Å². The van der Waals surface area contributed by atoms with Gasteiger partial charge in [0, 0.05) is 11.4 Å². The van der Waals surface area contributed by atoms with Gasteiger partial charge in [0.05, 0.1) is 16.0 Å². The molecule has 0 saturated carbocycles. The maximum atomic E-state index is 13.7. The number of nitrogens with two attached hydrogens (primary N) is 1. The minimum absolute atomic E-state index is 0.100. The van der Waals surface area contributed by atoms with Crippen molar-refractivity contribution in [2.24, 2.45) is 5.73 Å². The van der Waals surface area contributed by atoms with Crippen molar-refractivity contribution >= 4 is 28.3 Å². The molecule has 0 unspecified atom stereocenters. The van der Waals surface area contributed by atoms with Gasteiger partial charge in [0.2, 0.25) is 0 Å². The van der Waals surface area contributed by atoms with Crippen molar-refractivity contribution in [1.82, 2.24) is 15.3 Å². The normalized spacial score (nSPS) is 14.2. The average Bonchev–Trinajstić information content (AvgIpc) is 3.08. The van der Waals surface area contributed by atoms with Gasteiger partial charge in [0.25, 0.3) is 5.91 Å². The summed E-state index contributed by atoms with van der Waals surface area (Å²) in [6.45, 7) is 3.92. The fourth-order valence-electron chi connectivity index (χ4n) is 3.10. The Morgan fingerprint density at radius 3 is 3.00 bits per heavy atom. The number of carbonyl (C=O) groups excluding carboxylic acids is 1. The van der Waals surface area contributed by atoms with E-state index < -0.39 is 11.7 Å². The van der Waals surface area contributed by atoms with Crippen LogP contribution in [0.4, 0.5) is 4.39 Å². The SMILES string of the molecule is Cc1c(-c2nc3c(C(N)=O)cc(F)cc3[nH]2)sc2c1CCNC2. The molecule has 1 aromatic carbocycles. The van der Waals surface area contributed by atoms with Crippen molar-refractivity contribution in [1.29, 1.82) is 0 Å². The summed E-state index contributed by atoms with van der Waals surface area (Å²) in [5, 5.41) is 3.36. The first-order valence-corrected chi connectivity index (χ1v) is 8.17. The molecular weight excluding hydrogens is 315 g/mol. The van der Waals surface area contributed by atoms with Crippen LogP contribution in [0.5, 0.6) is 0 Å². The Kier molecular flexibility index (Phi) is 3.21. The molecule has 2 aromatic heterocycles. The van der Waals surface area contributed by atoms with Crippen molar-refractivity contribution in [3.8, 4) is 10.7 Å². The predicted molar refractivity (Wildman–Crippen MR) is 88.0 cm³/mol. The second-order valence-corrected chi connectivity index (χ2v) is 6.79. The third-order valence-electron chi connectivity index (χ3n) is 4.22. The van der Waals surface area contributed by atoms with Gasteiger partial charge < -0.3 is 16.0 Å². The van der Waals surface area contributed by atoms with Crippen LogP contribution in [0.25, 0.3) is 21.7 Å². The first kappa shape index (κ1) is 14.3. The zero-order chi connectivity index (χ0) is 16.1. The Balaban J connectivity index is 1.92. The number of rotatable bonds is 2. The van der Waals surface area contributed by atoms with Crippen LogP contribution in [0.15, 0.2) is 12.1 Å². The lowest BCUT2D eigenvalue weighted by molar-refractivity contribution is 0.100. The topological polar surface area (TPSA) is 83.8 Å². The molecule has 3 aromatic rings. The van der Waals surface area contributed by atoms with E-state index in [4.69, 9.17) is 5.73 Å². The van der Waals surface area contributed by atoms with E-state index in [-0.39, 0.29) is 5.56 Å². The molecule has 1 aliphatic heterocycles. The van der Waals surface area contributed by atoms with E-state index in [0.29, 0.717) is 16.9 Å². The number of hydrogen-bond acceptors (Lipinski definition) is 4. The zero-order valence-corrected chi connectivity index (χ0v) is 13.3. The van der Waals surface area contributed by atoms with Gasteiger partial charge in [0.15, 0.2) is 0 Å². The number of nitrogens with zero attached hydrogens (tertiary/aromatic N) is 1. The van der Waals surface area contributed by atoms with Crippen molar-refractivity contribution in [3.05, 3.63) is 39.5 Å². The molecule has 1 amide bonds. The van der Waals surface area contributed by atoms with Gasteiger partial charge in [-0.2, -0.15) is 0 Å². The number of aromatic amines is 1. The first-order valence-electron chi connectivity index (χ1n) is 7.36. The molecule has 0 atom stereocenters. The average molecular weight is 330 g/mol. The van der Waals surface area contributed by atoms with Gasteiger partial charge in [-0.05, 0) is 43.1 Å². The van der Waals surface area contributed by atoms with Crippen LogP contribution in [-0.4, -0.2) is 22.4 Å². The highest BCUT2D eigenvalue weighted by molar-refractivity contribution is 7.15. The van der Waals surface area contributed by atoms with Crippen molar-refractivity contribution in [2.45, 2.75) is 19.9 Å². The Morgan fingerprint density at radius 2 is 2.26 bits per heavy atom. The number of H-pyrrole nitrogens is 1. The number of thiophene rings is 1. The van der Waals surface area contributed by atoms with E-state index in [0.717, 1.165) is 30.5 Å². The monoisotopic (exact) mass is 330 g/mol. The molecule has 0 bridgehead atoms. The third-order valence-corrected chi connectivity index (χ3v) is 5.57. The number of halogens is 1. The summed E-state index contributed by atoms with van der Waals surface area (Å²) < 4.78 is 13.7. The van der Waals surface area contributed by atoms with Gasteiger partial charge in [-0.25, -0.2) is 9.37 Å². The molecule has 0 radical (unpaired) electrons.